The Hall–Kier alpha value is -2.25. The maximum atomic E-state index is 13.6. The molecule has 1 heterocycles. The Morgan fingerprint density at radius 2 is 1.60 bits per heavy atom. The molecule has 0 amide bonds. The molecule has 0 bridgehead atoms. The highest BCUT2D eigenvalue weighted by Crippen LogP contribution is 2.34. The lowest BCUT2D eigenvalue weighted by molar-refractivity contribution is -0.140. The van der Waals surface area contributed by atoms with Crippen molar-refractivity contribution in [3.63, 3.8) is 0 Å². The van der Waals surface area contributed by atoms with Crippen LogP contribution in [0.3, 0.4) is 0 Å². The van der Waals surface area contributed by atoms with Gasteiger partial charge in [-0.05, 0) is 6.07 Å². The van der Waals surface area contributed by atoms with Gasteiger partial charge < -0.3 is 4.74 Å². The summed E-state index contributed by atoms with van der Waals surface area (Å²) in [4.78, 5) is 7.34. The molecule has 0 N–H and O–H groups in total. The zero-order valence-electron chi connectivity index (χ0n) is 10.0. The van der Waals surface area contributed by atoms with Crippen molar-refractivity contribution in [2.24, 2.45) is 0 Å². The maximum absolute atomic E-state index is 13.6. The molecule has 0 aliphatic carbocycles. The summed E-state index contributed by atoms with van der Waals surface area (Å²) in [5, 5.41) is 0. The third-order valence-electron chi connectivity index (χ3n) is 2.47. The fraction of sp³-hybridized carbons (Fsp3) is 0.167. The van der Waals surface area contributed by atoms with Gasteiger partial charge in [0.1, 0.15) is 11.6 Å². The van der Waals surface area contributed by atoms with Crippen molar-refractivity contribution in [2.75, 3.05) is 7.11 Å². The number of rotatable bonds is 2. The Kier molecular flexibility index (Phi) is 3.56. The van der Waals surface area contributed by atoms with E-state index < -0.39 is 28.9 Å². The number of hydrogen-bond donors (Lipinski definition) is 0. The summed E-state index contributed by atoms with van der Waals surface area (Å²) in [6.45, 7) is 0. The minimum absolute atomic E-state index is 0.158. The van der Waals surface area contributed by atoms with Crippen LogP contribution in [0.15, 0.2) is 24.5 Å². The number of alkyl halides is 3. The fourth-order valence-corrected chi connectivity index (χ4v) is 1.50. The first-order chi connectivity index (χ1) is 9.32. The molecule has 0 radical (unpaired) electrons. The van der Waals surface area contributed by atoms with Crippen molar-refractivity contribution in [3.8, 4) is 17.1 Å². The van der Waals surface area contributed by atoms with Gasteiger partial charge in [0.15, 0.2) is 11.6 Å². The van der Waals surface area contributed by atoms with E-state index in [9.17, 15) is 22.0 Å². The van der Waals surface area contributed by atoms with Gasteiger partial charge in [-0.2, -0.15) is 13.2 Å². The summed E-state index contributed by atoms with van der Waals surface area (Å²) in [6.07, 6.45) is -2.60. The number of methoxy groups -OCH3 is 1. The van der Waals surface area contributed by atoms with Crippen molar-refractivity contribution in [2.45, 2.75) is 6.18 Å². The molecule has 2 rings (SSSR count). The minimum Gasteiger partial charge on any atom is -0.494 e. The van der Waals surface area contributed by atoms with E-state index in [1.54, 1.807) is 0 Å². The average Bonchev–Trinajstić information content (AvgIpc) is 2.37. The summed E-state index contributed by atoms with van der Waals surface area (Å²) in [5.41, 5.74) is -2.12. The molecule has 20 heavy (non-hydrogen) atoms. The Labute approximate surface area is 110 Å². The number of ether oxygens (including phenoxy) is 1. The highest BCUT2D eigenvalue weighted by molar-refractivity contribution is 5.57. The first-order valence-corrected chi connectivity index (χ1v) is 5.25. The second-order valence-corrected chi connectivity index (χ2v) is 3.76. The van der Waals surface area contributed by atoms with Crippen LogP contribution in [0.4, 0.5) is 22.0 Å². The molecule has 0 aliphatic heterocycles. The van der Waals surface area contributed by atoms with Crippen molar-refractivity contribution in [3.05, 3.63) is 41.7 Å². The van der Waals surface area contributed by atoms with E-state index >= 15 is 0 Å². The second kappa shape index (κ2) is 5.03. The zero-order chi connectivity index (χ0) is 14.9. The van der Waals surface area contributed by atoms with Crippen molar-refractivity contribution in [1.29, 1.82) is 0 Å². The van der Waals surface area contributed by atoms with Crippen LogP contribution in [0.1, 0.15) is 5.56 Å². The first kappa shape index (κ1) is 14.2. The van der Waals surface area contributed by atoms with E-state index in [0.717, 1.165) is 0 Å². The van der Waals surface area contributed by atoms with Crippen LogP contribution in [0.25, 0.3) is 11.4 Å². The third kappa shape index (κ3) is 2.68. The molecule has 2 aromatic rings. The number of halogens is 5. The van der Waals surface area contributed by atoms with Crippen molar-refractivity contribution in [1.82, 2.24) is 9.97 Å². The Balaban J connectivity index is 2.55. The normalized spacial score (nSPS) is 11.5. The van der Waals surface area contributed by atoms with Gasteiger partial charge in [-0.1, -0.05) is 0 Å². The fourth-order valence-electron chi connectivity index (χ4n) is 1.50. The summed E-state index contributed by atoms with van der Waals surface area (Å²) >= 11 is 0. The predicted octanol–water partition coefficient (Wildman–Crippen LogP) is 3.45. The van der Waals surface area contributed by atoms with Crippen LogP contribution in [-0.2, 0) is 6.18 Å². The third-order valence-corrected chi connectivity index (χ3v) is 2.47. The van der Waals surface area contributed by atoms with Gasteiger partial charge in [-0.25, -0.2) is 18.7 Å². The molecule has 0 spiro atoms. The first-order valence-electron chi connectivity index (χ1n) is 5.25. The molecule has 0 saturated carbocycles. The standard InChI is InChI=1S/C12H7F5N2O/c1-20-6-4-18-11(19-5-6)7-2-8(12(15,16)17)10(14)3-9(7)13/h2-5H,1H3. The lowest BCUT2D eigenvalue weighted by Crippen LogP contribution is -2.09. The zero-order valence-corrected chi connectivity index (χ0v) is 10.0. The molecule has 3 nitrogen and oxygen atoms in total. The Bertz CT molecular complexity index is 625. The van der Waals surface area contributed by atoms with Gasteiger partial charge in [0.25, 0.3) is 0 Å². The summed E-state index contributed by atoms with van der Waals surface area (Å²) in [5.74, 6) is -2.91. The highest BCUT2D eigenvalue weighted by atomic mass is 19.4. The van der Waals surface area contributed by atoms with Crippen molar-refractivity contribution >= 4 is 0 Å². The molecule has 1 aromatic carbocycles. The Morgan fingerprint density at radius 1 is 1.00 bits per heavy atom. The van der Waals surface area contributed by atoms with Crippen LogP contribution in [0.5, 0.6) is 5.75 Å². The molecule has 0 atom stereocenters. The lowest BCUT2D eigenvalue weighted by atomic mass is 10.1. The summed E-state index contributed by atoms with van der Waals surface area (Å²) < 4.78 is 69.2. The maximum Gasteiger partial charge on any atom is 0.419 e. The summed E-state index contributed by atoms with van der Waals surface area (Å²) in [6, 6.07) is 0.498. The van der Waals surface area contributed by atoms with Crippen LogP contribution in [0.2, 0.25) is 0 Å². The molecule has 8 heteroatoms. The number of benzene rings is 1. The van der Waals surface area contributed by atoms with Gasteiger partial charge >= 0.3 is 6.18 Å². The number of hydrogen-bond acceptors (Lipinski definition) is 3. The highest BCUT2D eigenvalue weighted by Gasteiger charge is 2.35. The number of nitrogens with zero attached hydrogens (tertiary/aromatic N) is 2. The van der Waals surface area contributed by atoms with E-state index in [0.29, 0.717) is 6.07 Å². The smallest absolute Gasteiger partial charge is 0.419 e. The van der Waals surface area contributed by atoms with Gasteiger partial charge in [-0.15, -0.1) is 0 Å². The van der Waals surface area contributed by atoms with E-state index in [1.165, 1.54) is 19.5 Å². The lowest BCUT2D eigenvalue weighted by Gasteiger charge is -2.10. The van der Waals surface area contributed by atoms with Gasteiger partial charge in [0, 0.05) is 6.07 Å². The summed E-state index contributed by atoms with van der Waals surface area (Å²) in [7, 11) is 1.35. The molecular weight excluding hydrogens is 283 g/mol. The van der Waals surface area contributed by atoms with Gasteiger partial charge in [0.05, 0.1) is 30.6 Å². The minimum atomic E-state index is -4.93. The molecule has 0 saturated heterocycles. The van der Waals surface area contributed by atoms with Crippen LogP contribution in [0, 0.1) is 11.6 Å². The van der Waals surface area contributed by atoms with E-state index in [-0.39, 0.29) is 17.6 Å². The van der Waals surface area contributed by atoms with Crippen molar-refractivity contribution < 1.29 is 26.7 Å². The van der Waals surface area contributed by atoms with Crippen LogP contribution in [-0.4, -0.2) is 17.1 Å². The molecule has 0 fully saturated rings. The molecule has 0 aliphatic rings. The largest absolute Gasteiger partial charge is 0.494 e. The monoisotopic (exact) mass is 290 g/mol. The topological polar surface area (TPSA) is 35.0 Å². The van der Waals surface area contributed by atoms with E-state index in [2.05, 4.69) is 9.97 Å². The van der Waals surface area contributed by atoms with Gasteiger partial charge in [0.2, 0.25) is 0 Å². The molecule has 106 valence electrons. The van der Waals surface area contributed by atoms with Crippen LogP contribution >= 0.6 is 0 Å². The number of aromatic nitrogens is 2. The molecule has 0 unspecified atom stereocenters. The van der Waals surface area contributed by atoms with Crippen LogP contribution < -0.4 is 4.74 Å². The molecule has 1 aromatic heterocycles. The van der Waals surface area contributed by atoms with E-state index in [1.807, 2.05) is 0 Å². The predicted molar refractivity (Wildman–Crippen MR) is 58.9 cm³/mol. The quantitative estimate of drug-likeness (QED) is 0.795. The average molecular weight is 290 g/mol. The SMILES string of the molecule is COc1cnc(-c2cc(C(F)(F)F)c(F)cc2F)nc1. The molecular formula is C12H7F5N2O. The second-order valence-electron chi connectivity index (χ2n) is 3.76. The van der Waals surface area contributed by atoms with Gasteiger partial charge in [-0.3, -0.25) is 0 Å². The van der Waals surface area contributed by atoms with E-state index in [4.69, 9.17) is 4.74 Å². The Morgan fingerprint density at radius 3 is 2.10 bits per heavy atom.